The summed E-state index contributed by atoms with van der Waals surface area (Å²) >= 11 is 0. The summed E-state index contributed by atoms with van der Waals surface area (Å²) in [5.74, 6) is 0.479. The molecule has 1 N–H and O–H groups in total. The molecule has 3 nitrogen and oxygen atoms in total. The third kappa shape index (κ3) is 3.79. The van der Waals surface area contributed by atoms with E-state index >= 15 is 0 Å². The van der Waals surface area contributed by atoms with E-state index < -0.39 is 0 Å². The summed E-state index contributed by atoms with van der Waals surface area (Å²) in [6.07, 6.45) is 2.47. The van der Waals surface area contributed by atoms with Crippen molar-refractivity contribution in [2.75, 3.05) is 0 Å². The zero-order chi connectivity index (χ0) is 14.7. The smallest absolute Gasteiger partial charge is 0.142 e. The third-order valence-corrected chi connectivity index (χ3v) is 3.55. The van der Waals surface area contributed by atoms with Gasteiger partial charge in [-0.2, -0.15) is 0 Å². The number of halogens is 1. The standard InChI is InChI=1S/C17H19FN2O/c1-12-6-9-17(16(20-12)10-19-14-7-8-14)21-11-13-4-2-3-5-15(13)18/h2-6,9,14,19H,7-8,10-11H2,1H3. The highest BCUT2D eigenvalue weighted by Gasteiger charge is 2.21. The quantitative estimate of drug-likeness (QED) is 0.884. The minimum absolute atomic E-state index is 0.216. The van der Waals surface area contributed by atoms with Crippen LogP contribution in [0.5, 0.6) is 5.75 Å². The van der Waals surface area contributed by atoms with Gasteiger partial charge in [-0.25, -0.2) is 4.39 Å². The zero-order valence-corrected chi connectivity index (χ0v) is 12.1. The van der Waals surface area contributed by atoms with Crippen LogP contribution in [-0.2, 0) is 13.2 Å². The molecule has 0 aliphatic heterocycles. The van der Waals surface area contributed by atoms with Crippen molar-refractivity contribution in [3.63, 3.8) is 0 Å². The molecule has 1 aliphatic rings. The molecule has 0 spiro atoms. The van der Waals surface area contributed by atoms with Gasteiger partial charge in [-0.3, -0.25) is 4.98 Å². The molecule has 0 amide bonds. The molecule has 0 saturated heterocycles. The molecule has 21 heavy (non-hydrogen) atoms. The number of benzene rings is 1. The van der Waals surface area contributed by atoms with Crippen molar-refractivity contribution in [1.29, 1.82) is 0 Å². The maximum atomic E-state index is 13.6. The lowest BCUT2D eigenvalue weighted by atomic mass is 10.2. The third-order valence-electron chi connectivity index (χ3n) is 3.55. The van der Waals surface area contributed by atoms with Crippen LogP contribution in [0.3, 0.4) is 0 Å². The van der Waals surface area contributed by atoms with Crippen molar-refractivity contribution < 1.29 is 9.13 Å². The van der Waals surface area contributed by atoms with Crippen LogP contribution < -0.4 is 10.1 Å². The Hall–Kier alpha value is -1.94. The number of aryl methyl sites for hydroxylation is 1. The summed E-state index contributed by atoms with van der Waals surface area (Å²) in [6.45, 7) is 2.87. The van der Waals surface area contributed by atoms with Crippen molar-refractivity contribution in [2.45, 2.75) is 39.0 Å². The molecule has 0 unspecified atom stereocenters. The average Bonchev–Trinajstić information content (AvgIpc) is 3.30. The first-order chi connectivity index (χ1) is 10.2. The van der Waals surface area contributed by atoms with Gasteiger partial charge in [0.05, 0.1) is 5.69 Å². The van der Waals surface area contributed by atoms with E-state index in [1.807, 2.05) is 25.1 Å². The van der Waals surface area contributed by atoms with E-state index in [4.69, 9.17) is 4.74 Å². The normalized spacial score (nSPS) is 14.2. The number of aromatic nitrogens is 1. The van der Waals surface area contributed by atoms with E-state index in [-0.39, 0.29) is 12.4 Å². The Morgan fingerprint density at radius 1 is 1.24 bits per heavy atom. The molecule has 0 bridgehead atoms. The second kappa shape index (κ2) is 6.22. The number of nitrogens with one attached hydrogen (secondary N) is 1. The van der Waals surface area contributed by atoms with Crippen LogP contribution in [0.2, 0.25) is 0 Å². The fourth-order valence-electron chi connectivity index (χ4n) is 2.16. The number of ether oxygens (including phenoxy) is 1. The molecule has 0 radical (unpaired) electrons. The Kier molecular flexibility index (Phi) is 4.15. The van der Waals surface area contributed by atoms with Crippen molar-refractivity contribution in [1.82, 2.24) is 10.3 Å². The van der Waals surface area contributed by atoms with Gasteiger partial charge < -0.3 is 10.1 Å². The second-order valence-corrected chi connectivity index (χ2v) is 5.43. The topological polar surface area (TPSA) is 34.1 Å². The molecular formula is C17H19FN2O. The van der Waals surface area contributed by atoms with E-state index in [2.05, 4.69) is 10.3 Å². The maximum Gasteiger partial charge on any atom is 0.142 e. The molecule has 1 aromatic heterocycles. The molecule has 3 rings (SSSR count). The molecule has 1 aromatic carbocycles. The van der Waals surface area contributed by atoms with Gasteiger partial charge in [0.15, 0.2) is 0 Å². The second-order valence-electron chi connectivity index (χ2n) is 5.43. The Morgan fingerprint density at radius 2 is 2.05 bits per heavy atom. The van der Waals surface area contributed by atoms with E-state index in [0.717, 1.165) is 17.1 Å². The molecule has 4 heteroatoms. The summed E-state index contributed by atoms with van der Waals surface area (Å²) in [4.78, 5) is 4.53. The first kappa shape index (κ1) is 14.0. The Balaban J connectivity index is 1.70. The van der Waals surface area contributed by atoms with Gasteiger partial charge in [-0.05, 0) is 38.0 Å². The molecular weight excluding hydrogens is 267 g/mol. The molecule has 1 saturated carbocycles. The van der Waals surface area contributed by atoms with Crippen LogP contribution in [0, 0.1) is 12.7 Å². The first-order valence-corrected chi connectivity index (χ1v) is 7.28. The van der Waals surface area contributed by atoms with Crippen molar-refractivity contribution in [3.8, 4) is 5.75 Å². The molecule has 1 heterocycles. The minimum Gasteiger partial charge on any atom is -0.487 e. The Bertz CT molecular complexity index is 626. The molecule has 1 aliphatic carbocycles. The SMILES string of the molecule is Cc1ccc(OCc2ccccc2F)c(CNC2CC2)n1. The van der Waals surface area contributed by atoms with Crippen LogP contribution in [0.15, 0.2) is 36.4 Å². The molecule has 2 aromatic rings. The molecule has 1 fully saturated rings. The van der Waals surface area contributed by atoms with Crippen LogP contribution in [0.4, 0.5) is 4.39 Å². The van der Waals surface area contributed by atoms with Crippen molar-refractivity contribution in [3.05, 3.63) is 59.2 Å². The predicted octanol–water partition coefficient (Wildman–Crippen LogP) is 3.36. The first-order valence-electron chi connectivity index (χ1n) is 7.28. The van der Waals surface area contributed by atoms with Gasteiger partial charge >= 0.3 is 0 Å². The largest absolute Gasteiger partial charge is 0.487 e. The van der Waals surface area contributed by atoms with Crippen molar-refractivity contribution >= 4 is 0 Å². The highest BCUT2D eigenvalue weighted by atomic mass is 19.1. The van der Waals surface area contributed by atoms with Gasteiger partial charge in [0.2, 0.25) is 0 Å². The summed E-state index contributed by atoms with van der Waals surface area (Å²) in [5, 5.41) is 3.43. The fourth-order valence-corrected chi connectivity index (χ4v) is 2.16. The zero-order valence-electron chi connectivity index (χ0n) is 12.1. The maximum absolute atomic E-state index is 13.6. The van der Waals surface area contributed by atoms with Gasteiger partial charge in [-0.1, -0.05) is 18.2 Å². The summed E-state index contributed by atoms with van der Waals surface area (Å²) in [5.41, 5.74) is 2.40. The minimum atomic E-state index is -0.241. The predicted molar refractivity (Wildman–Crippen MR) is 79.6 cm³/mol. The van der Waals surface area contributed by atoms with Crippen molar-refractivity contribution in [2.24, 2.45) is 0 Å². The van der Waals surface area contributed by atoms with E-state index in [1.165, 1.54) is 18.9 Å². The highest BCUT2D eigenvalue weighted by Crippen LogP contribution is 2.23. The van der Waals surface area contributed by atoms with Gasteiger partial charge in [0.25, 0.3) is 0 Å². The fraction of sp³-hybridized carbons (Fsp3) is 0.353. The monoisotopic (exact) mass is 286 g/mol. The summed E-state index contributed by atoms with van der Waals surface area (Å²) < 4.78 is 19.4. The summed E-state index contributed by atoms with van der Waals surface area (Å²) in [7, 11) is 0. The number of hydrogen-bond acceptors (Lipinski definition) is 3. The van der Waals surface area contributed by atoms with Gasteiger partial charge in [0, 0.05) is 23.8 Å². The van der Waals surface area contributed by atoms with E-state index in [9.17, 15) is 4.39 Å². The summed E-state index contributed by atoms with van der Waals surface area (Å²) in [6, 6.07) is 11.1. The van der Waals surface area contributed by atoms with Crippen LogP contribution in [0.1, 0.15) is 29.8 Å². The van der Waals surface area contributed by atoms with Crippen LogP contribution >= 0.6 is 0 Å². The van der Waals surface area contributed by atoms with Gasteiger partial charge in [-0.15, -0.1) is 0 Å². The number of nitrogens with zero attached hydrogens (tertiary/aromatic N) is 1. The lowest BCUT2D eigenvalue weighted by Crippen LogP contribution is -2.17. The lowest BCUT2D eigenvalue weighted by Gasteiger charge is -2.12. The number of rotatable bonds is 6. The van der Waals surface area contributed by atoms with E-state index in [1.54, 1.807) is 12.1 Å². The number of pyridine rings is 1. The van der Waals surface area contributed by atoms with E-state index in [0.29, 0.717) is 18.2 Å². The Labute approximate surface area is 124 Å². The number of hydrogen-bond donors (Lipinski definition) is 1. The lowest BCUT2D eigenvalue weighted by molar-refractivity contribution is 0.294. The Morgan fingerprint density at radius 3 is 2.81 bits per heavy atom. The van der Waals surface area contributed by atoms with Crippen LogP contribution in [0.25, 0.3) is 0 Å². The molecule has 0 atom stereocenters. The highest BCUT2D eigenvalue weighted by molar-refractivity contribution is 5.30. The average molecular weight is 286 g/mol. The van der Waals surface area contributed by atoms with Crippen LogP contribution in [-0.4, -0.2) is 11.0 Å². The molecule has 110 valence electrons. The van der Waals surface area contributed by atoms with Gasteiger partial charge in [0.1, 0.15) is 18.2 Å².